The van der Waals surface area contributed by atoms with Crippen LogP contribution in [-0.4, -0.2) is 29.8 Å². The van der Waals surface area contributed by atoms with E-state index in [1.165, 1.54) is 0 Å². The van der Waals surface area contributed by atoms with Gasteiger partial charge in [-0.1, -0.05) is 32.8 Å². The second kappa shape index (κ2) is 8.31. The fraction of sp³-hybridized carbons (Fsp3) is 0.478. The number of carbonyl (C=O) groups excluding carboxylic acids is 2. The number of hydrogen-bond acceptors (Lipinski definition) is 5. The van der Waals surface area contributed by atoms with Gasteiger partial charge >= 0.3 is 11.9 Å². The highest BCUT2D eigenvalue weighted by molar-refractivity contribution is 6.22. The monoisotopic (exact) mass is 399 g/mol. The maximum Gasteiger partial charge on any atom is 0.349 e. The molecule has 0 atom stereocenters. The Balaban J connectivity index is 2.31. The molecule has 0 radical (unpaired) electrons. The average Bonchev–Trinajstić information content (AvgIpc) is 3.07. The molecule has 0 unspecified atom stereocenters. The van der Waals surface area contributed by atoms with Gasteiger partial charge in [-0.3, -0.25) is 0 Å². The van der Waals surface area contributed by atoms with Crippen LogP contribution in [-0.2, 0) is 19.1 Å². The van der Waals surface area contributed by atoms with E-state index in [1.807, 2.05) is 24.4 Å². The Kier molecular flexibility index (Phi) is 6.01. The molecule has 6 heteroatoms. The van der Waals surface area contributed by atoms with Crippen LogP contribution >= 0.6 is 0 Å². The minimum Gasteiger partial charge on any atom is -0.496 e. The van der Waals surface area contributed by atoms with Crippen molar-refractivity contribution in [2.45, 2.75) is 59.2 Å². The number of rotatable bonds is 7. The van der Waals surface area contributed by atoms with Crippen LogP contribution in [0.5, 0.6) is 5.75 Å². The molecule has 1 aromatic heterocycles. The Labute approximate surface area is 171 Å². The van der Waals surface area contributed by atoms with Crippen molar-refractivity contribution < 1.29 is 23.8 Å². The van der Waals surface area contributed by atoms with E-state index in [0.29, 0.717) is 11.3 Å². The lowest BCUT2D eigenvalue weighted by molar-refractivity contribution is -0.222. The predicted molar refractivity (Wildman–Crippen MR) is 111 cm³/mol. The summed E-state index contributed by atoms with van der Waals surface area (Å²) in [5.74, 6) is -1.84. The Morgan fingerprint density at radius 3 is 2.28 bits per heavy atom. The summed E-state index contributed by atoms with van der Waals surface area (Å²) in [5.41, 5.74) is 2.33. The molecular weight excluding hydrogens is 370 g/mol. The smallest absolute Gasteiger partial charge is 0.349 e. The van der Waals surface area contributed by atoms with Crippen molar-refractivity contribution in [3.05, 3.63) is 35.5 Å². The molecule has 0 amide bonds. The van der Waals surface area contributed by atoms with Crippen LogP contribution in [0.2, 0.25) is 0 Å². The van der Waals surface area contributed by atoms with Crippen molar-refractivity contribution in [2.24, 2.45) is 5.92 Å². The van der Waals surface area contributed by atoms with Crippen LogP contribution in [0.3, 0.4) is 0 Å². The standard InChI is InChI=1S/C23H29NO5/c1-6-9-14(10-7-2)18(20-21(25)28-23(3,4)29-22(20)26)15-13-24-16-11-8-12-17(27-5)19(15)16/h8,11-14,24H,6-7,9-10H2,1-5H3. The van der Waals surface area contributed by atoms with Crippen LogP contribution in [0.25, 0.3) is 16.5 Å². The Bertz CT molecular complexity index is 925. The number of ether oxygens (including phenoxy) is 3. The highest BCUT2D eigenvalue weighted by Crippen LogP contribution is 2.42. The van der Waals surface area contributed by atoms with Crippen molar-refractivity contribution in [1.29, 1.82) is 0 Å². The third-order valence-corrected chi connectivity index (χ3v) is 5.21. The SMILES string of the molecule is CCCC(CCC)C(=C1C(=O)OC(C)(C)OC1=O)c1c[nH]c2cccc(OC)c12. The third kappa shape index (κ3) is 4.02. The van der Waals surface area contributed by atoms with Gasteiger partial charge in [0.15, 0.2) is 0 Å². The van der Waals surface area contributed by atoms with Gasteiger partial charge in [0.1, 0.15) is 11.3 Å². The second-order valence-corrected chi connectivity index (χ2v) is 7.83. The van der Waals surface area contributed by atoms with Gasteiger partial charge in [-0.05, 0) is 36.5 Å². The number of methoxy groups -OCH3 is 1. The summed E-state index contributed by atoms with van der Waals surface area (Å²) in [4.78, 5) is 29.1. The second-order valence-electron chi connectivity index (χ2n) is 7.83. The molecule has 0 saturated carbocycles. The van der Waals surface area contributed by atoms with Crippen LogP contribution in [0.4, 0.5) is 0 Å². The predicted octanol–water partition coefficient (Wildman–Crippen LogP) is 4.98. The van der Waals surface area contributed by atoms with E-state index in [9.17, 15) is 9.59 Å². The first-order chi connectivity index (χ1) is 13.8. The van der Waals surface area contributed by atoms with Crippen LogP contribution in [0.1, 0.15) is 58.9 Å². The van der Waals surface area contributed by atoms with Gasteiger partial charge in [-0.25, -0.2) is 9.59 Å². The van der Waals surface area contributed by atoms with E-state index < -0.39 is 17.7 Å². The average molecular weight is 399 g/mol. The van der Waals surface area contributed by atoms with Crippen LogP contribution < -0.4 is 4.74 Å². The molecule has 1 aliphatic rings. The Hall–Kier alpha value is -2.76. The number of fused-ring (bicyclic) bond motifs is 1. The zero-order valence-electron chi connectivity index (χ0n) is 17.8. The van der Waals surface area contributed by atoms with Crippen molar-refractivity contribution in [1.82, 2.24) is 4.98 Å². The fourth-order valence-corrected chi connectivity index (χ4v) is 4.10. The summed E-state index contributed by atoms with van der Waals surface area (Å²) in [6.07, 6.45) is 5.39. The zero-order chi connectivity index (χ0) is 21.2. The number of aromatic amines is 1. The Morgan fingerprint density at radius 1 is 1.10 bits per heavy atom. The van der Waals surface area contributed by atoms with Crippen molar-refractivity contribution in [2.75, 3.05) is 7.11 Å². The number of hydrogen-bond donors (Lipinski definition) is 1. The summed E-state index contributed by atoms with van der Waals surface area (Å²) in [6.45, 7) is 7.32. The number of allylic oxidation sites excluding steroid dienone is 1. The van der Waals surface area contributed by atoms with Crippen molar-refractivity contribution in [3.8, 4) is 5.75 Å². The lowest BCUT2D eigenvalue weighted by atomic mass is 9.82. The molecule has 0 aliphatic carbocycles. The van der Waals surface area contributed by atoms with E-state index in [4.69, 9.17) is 14.2 Å². The molecule has 1 aromatic carbocycles. The van der Waals surface area contributed by atoms with E-state index in [-0.39, 0.29) is 11.5 Å². The zero-order valence-corrected chi connectivity index (χ0v) is 17.8. The molecule has 29 heavy (non-hydrogen) atoms. The molecular formula is C23H29NO5. The molecule has 0 spiro atoms. The van der Waals surface area contributed by atoms with E-state index >= 15 is 0 Å². The number of cyclic esters (lactones) is 2. The van der Waals surface area contributed by atoms with Gasteiger partial charge in [0, 0.05) is 36.5 Å². The molecule has 2 heterocycles. The summed E-state index contributed by atoms with van der Waals surface area (Å²) in [6, 6.07) is 5.71. The van der Waals surface area contributed by atoms with Crippen LogP contribution in [0.15, 0.2) is 30.0 Å². The molecule has 156 valence electrons. The molecule has 6 nitrogen and oxygen atoms in total. The van der Waals surface area contributed by atoms with Crippen molar-refractivity contribution in [3.63, 3.8) is 0 Å². The molecule has 1 saturated heterocycles. The van der Waals surface area contributed by atoms with E-state index in [0.717, 1.165) is 42.1 Å². The lowest BCUT2D eigenvalue weighted by Gasteiger charge is -2.32. The number of esters is 2. The number of carbonyl (C=O) groups is 2. The largest absolute Gasteiger partial charge is 0.496 e. The first-order valence-corrected chi connectivity index (χ1v) is 10.2. The molecule has 0 bridgehead atoms. The van der Waals surface area contributed by atoms with Gasteiger partial charge in [0.05, 0.1) is 7.11 Å². The first-order valence-electron chi connectivity index (χ1n) is 10.2. The third-order valence-electron chi connectivity index (χ3n) is 5.21. The summed E-state index contributed by atoms with van der Waals surface area (Å²) in [7, 11) is 1.61. The van der Waals surface area contributed by atoms with Gasteiger partial charge < -0.3 is 19.2 Å². The minimum atomic E-state index is -1.27. The number of H-pyrrole nitrogens is 1. The molecule has 1 N–H and O–H groups in total. The Morgan fingerprint density at radius 2 is 1.72 bits per heavy atom. The summed E-state index contributed by atoms with van der Waals surface area (Å²) in [5, 5.41) is 0.847. The van der Waals surface area contributed by atoms with E-state index in [2.05, 4.69) is 18.8 Å². The summed E-state index contributed by atoms with van der Waals surface area (Å²) < 4.78 is 16.4. The van der Waals surface area contributed by atoms with Gasteiger partial charge in [0.25, 0.3) is 5.79 Å². The minimum absolute atomic E-state index is 0.0111. The molecule has 1 aliphatic heterocycles. The lowest BCUT2D eigenvalue weighted by Crippen LogP contribution is -2.42. The highest BCUT2D eigenvalue weighted by Gasteiger charge is 2.42. The van der Waals surface area contributed by atoms with Gasteiger partial charge in [-0.15, -0.1) is 0 Å². The fourth-order valence-electron chi connectivity index (χ4n) is 4.10. The molecule has 1 fully saturated rings. The maximum absolute atomic E-state index is 12.9. The highest BCUT2D eigenvalue weighted by atomic mass is 16.7. The van der Waals surface area contributed by atoms with Crippen molar-refractivity contribution >= 4 is 28.4 Å². The van der Waals surface area contributed by atoms with Gasteiger partial charge in [-0.2, -0.15) is 0 Å². The molecule has 2 aromatic rings. The number of nitrogens with one attached hydrogen (secondary N) is 1. The first kappa shape index (κ1) is 21.0. The molecule has 3 rings (SSSR count). The van der Waals surface area contributed by atoms with Crippen LogP contribution in [0, 0.1) is 5.92 Å². The van der Waals surface area contributed by atoms with E-state index in [1.54, 1.807) is 21.0 Å². The normalized spacial score (nSPS) is 16.1. The summed E-state index contributed by atoms with van der Waals surface area (Å²) >= 11 is 0. The number of aromatic nitrogens is 1. The number of benzene rings is 1. The maximum atomic E-state index is 12.9. The quantitative estimate of drug-likeness (QED) is 0.403. The van der Waals surface area contributed by atoms with Gasteiger partial charge in [0.2, 0.25) is 0 Å². The topological polar surface area (TPSA) is 77.6 Å².